The fourth-order valence-corrected chi connectivity index (χ4v) is 2.26. The zero-order valence-corrected chi connectivity index (χ0v) is 11.9. The van der Waals surface area contributed by atoms with E-state index in [2.05, 4.69) is 5.10 Å². The number of nitrogens with two attached hydrogens (primary N) is 1. The van der Waals surface area contributed by atoms with Crippen LogP contribution in [0.5, 0.6) is 5.75 Å². The molecule has 0 fully saturated rings. The van der Waals surface area contributed by atoms with E-state index in [9.17, 15) is 0 Å². The van der Waals surface area contributed by atoms with Gasteiger partial charge in [0.2, 0.25) is 0 Å². The maximum absolute atomic E-state index is 6.24. The zero-order valence-electron chi connectivity index (χ0n) is 11.1. The normalized spacial score (nSPS) is 12.4. The molecule has 1 aromatic heterocycles. The Bertz CT molecular complexity index is 553. The minimum Gasteiger partial charge on any atom is -0.496 e. The summed E-state index contributed by atoms with van der Waals surface area (Å²) in [5.41, 5.74) is 8.39. The smallest absolute Gasteiger partial charge is 0.125 e. The van der Waals surface area contributed by atoms with E-state index >= 15 is 0 Å². The van der Waals surface area contributed by atoms with Gasteiger partial charge in [0.05, 0.1) is 7.11 Å². The second-order valence-corrected chi connectivity index (χ2v) is 4.91. The van der Waals surface area contributed by atoms with E-state index in [1.54, 1.807) is 19.4 Å². The largest absolute Gasteiger partial charge is 0.496 e. The minimum atomic E-state index is -0.0814. The monoisotopic (exact) mass is 279 g/mol. The van der Waals surface area contributed by atoms with E-state index in [-0.39, 0.29) is 6.04 Å². The highest BCUT2D eigenvalue weighted by atomic mass is 35.5. The van der Waals surface area contributed by atoms with Crippen molar-refractivity contribution < 1.29 is 4.74 Å². The third kappa shape index (κ3) is 3.28. The lowest BCUT2D eigenvalue weighted by atomic mass is 10.0. The van der Waals surface area contributed by atoms with Crippen LogP contribution in [0.3, 0.4) is 0 Å². The molecule has 0 amide bonds. The van der Waals surface area contributed by atoms with E-state index < -0.39 is 0 Å². The second-order valence-electron chi connectivity index (χ2n) is 4.48. The maximum atomic E-state index is 6.24. The number of benzene rings is 1. The highest BCUT2D eigenvalue weighted by Gasteiger charge is 2.13. The highest BCUT2D eigenvalue weighted by molar-refractivity contribution is 6.30. The van der Waals surface area contributed by atoms with Crippen LogP contribution in [0.2, 0.25) is 5.02 Å². The number of ether oxygens (including phenoxy) is 1. The standard InChI is InChI=1S/C14H18ClN3O/c1-18-11(7-8-17-18)4-6-13(16)12-5-3-10(15)9-14(12)19-2/h3,5,7-9,13H,4,6,16H2,1-2H3. The van der Waals surface area contributed by atoms with Gasteiger partial charge in [-0.25, -0.2) is 0 Å². The Labute approximate surface area is 118 Å². The summed E-state index contributed by atoms with van der Waals surface area (Å²) in [6.07, 6.45) is 3.50. The molecule has 2 rings (SSSR count). The Kier molecular flexibility index (Phi) is 4.45. The van der Waals surface area contributed by atoms with E-state index in [0.717, 1.165) is 24.2 Å². The number of aromatic nitrogens is 2. The van der Waals surface area contributed by atoms with Gasteiger partial charge < -0.3 is 10.5 Å². The number of rotatable bonds is 5. The molecule has 0 radical (unpaired) electrons. The van der Waals surface area contributed by atoms with E-state index in [0.29, 0.717) is 5.02 Å². The molecule has 0 bridgehead atoms. The van der Waals surface area contributed by atoms with Crippen LogP contribution in [0.25, 0.3) is 0 Å². The molecule has 0 saturated heterocycles. The van der Waals surface area contributed by atoms with Crippen LogP contribution in [-0.4, -0.2) is 16.9 Å². The van der Waals surface area contributed by atoms with Gasteiger partial charge in [-0.3, -0.25) is 4.68 Å². The van der Waals surface area contributed by atoms with Gasteiger partial charge in [-0.05, 0) is 31.0 Å². The first-order chi connectivity index (χ1) is 9.11. The van der Waals surface area contributed by atoms with Crippen molar-refractivity contribution in [2.75, 3.05) is 7.11 Å². The SMILES string of the molecule is COc1cc(Cl)ccc1C(N)CCc1ccnn1C. The number of hydrogen-bond acceptors (Lipinski definition) is 3. The molecule has 1 atom stereocenters. The fraction of sp³-hybridized carbons (Fsp3) is 0.357. The Morgan fingerprint density at radius 1 is 1.42 bits per heavy atom. The molecule has 19 heavy (non-hydrogen) atoms. The van der Waals surface area contributed by atoms with Crippen molar-refractivity contribution in [3.8, 4) is 5.75 Å². The van der Waals surface area contributed by atoms with Gasteiger partial charge in [0, 0.05) is 35.6 Å². The van der Waals surface area contributed by atoms with Crippen LogP contribution >= 0.6 is 11.6 Å². The number of aryl methyl sites for hydroxylation is 2. The minimum absolute atomic E-state index is 0.0814. The molecule has 5 heteroatoms. The molecule has 102 valence electrons. The predicted molar refractivity (Wildman–Crippen MR) is 76.5 cm³/mol. The molecular formula is C14H18ClN3O. The van der Waals surface area contributed by atoms with E-state index in [1.165, 1.54) is 5.69 Å². The molecule has 4 nitrogen and oxygen atoms in total. The molecule has 0 aliphatic carbocycles. The zero-order chi connectivity index (χ0) is 13.8. The summed E-state index contributed by atoms with van der Waals surface area (Å²) in [6, 6.07) is 7.48. The van der Waals surface area contributed by atoms with Gasteiger partial charge in [-0.2, -0.15) is 5.10 Å². The third-order valence-corrected chi connectivity index (χ3v) is 3.46. The molecule has 1 unspecified atom stereocenters. The Morgan fingerprint density at radius 2 is 2.21 bits per heavy atom. The number of nitrogens with zero attached hydrogens (tertiary/aromatic N) is 2. The van der Waals surface area contributed by atoms with Gasteiger partial charge in [-0.1, -0.05) is 17.7 Å². The van der Waals surface area contributed by atoms with Gasteiger partial charge in [-0.15, -0.1) is 0 Å². The van der Waals surface area contributed by atoms with Crippen LogP contribution in [0.15, 0.2) is 30.5 Å². The number of hydrogen-bond donors (Lipinski definition) is 1. The molecule has 1 heterocycles. The Hall–Kier alpha value is -1.52. The summed E-state index contributed by atoms with van der Waals surface area (Å²) in [5.74, 6) is 0.741. The van der Waals surface area contributed by atoms with E-state index in [1.807, 2.05) is 29.9 Å². The van der Waals surface area contributed by atoms with Gasteiger partial charge in [0.1, 0.15) is 5.75 Å². The Balaban J connectivity index is 2.07. The average Bonchev–Trinajstić information content (AvgIpc) is 2.81. The van der Waals surface area contributed by atoms with Crippen molar-refractivity contribution in [2.24, 2.45) is 12.8 Å². The van der Waals surface area contributed by atoms with Gasteiger partial charge in [0.25, 0.3) is 0 Å². The van der Waals surface area contributed by atoms with Crippen molar-refractivity contribution in [2.45, 2.75) is 18.9 Å². The third-order valence-electron chi connectivity index (χ3n) is 3.23. The Morgan fingerprint density at radius 3 is 2.84 bits per heavy atom. The summed E-state index contributed by atoms with van der Waals surface area (Å²) in [7, 11) is 3.56. The summed E-state index contributed by atoms with van der Waals surface area (Å²) >= 11 is 5.95. The van der Waals surface area contributed by atoms with Crippen LogP contribution < -0.4 is 10.5 Å². The first kappa shape index (κ1) is 13.9. The van der Waals surface area contributed by atoms with Crippen LogP contribution in [0.4, 0.5) is 0 Å². The first-order valence-electron chi connectivity index (χ1n) is 6.17. The average molecular weight is 280 g/mol. The van der Waals surface area contributed by atoms with Crippen molar-refractivity contribution in [3.63, 3.8) is 0 Å². The van der Waals surface area contributed by atoms with Crippen molar-refractivity contribution in [1.29, 1.82) is 0 Å². The van der Waals surface area contributed by atoms with Crippen molar-refractivity contribution >= 4 is 11.6 Å². The summed E-state index contributed by atoms with van der Waals surface area (Å²) < 4.78 is 7.19. The van der Waals surface area contributed by atoms with Gasteiger partial charge in [0.15, 0.2) is 0 Å². The molecule has 0 aliphatic rings. The maximum Gasteiger partial charge on any atom is 0.125 e. The quantitative estimate of drug-likeness (QED) is 0.916. The highest BCUT2D eigenvalue weighted by Crippen LogP contribution is 2.29. The van der Waals surface area contributed by atoms with Gasteiger partial charge >= 0.3 is 0 Å². The molecule has 2 N–H and O–H groups in total. The first-order valence-corrected chi connectivity index (χ1v) is 6.55. The number of methoxy groups -OCH3 is 1. The predicted octanol–water partition coefficient (Wildman–Crippen LogP) is 2.71. The molecule has 0 aliphatic heterocycles. The van der Waals surface area contributed by atoms with Crippen molar-refractivity contribution in [3.05, 3.63) is 46.7 Å². The molecule has 0 saturated carbocycles. The van der Waals surface area contributed by atoms with Crippen molar-refractivity contribution in [1.82, 2.24) is 9.78 Å². The van der Waals surface area contributed by atoms with Crippen LogP contribution in [-0.2, 0) is 13.5 Å². The molecule has 0 spiro atoms. The van der Waals surface area contributed by atoms with Crippen LogP contribution in [0.1, 0.15) is 23.7 Å². The van der Waals surface area contributed by atoms with E-state index in [4.69, 9.17) is 22.1 Å². The summed E-state index contributed by atoms with van der Waals surface area (Å²) in [4.78, 5) is 0. The molecular weight excluding hydrogens is 262 g/mol. The summed E-state index contributed by atoms with van der Waals surface area (Å²) in [6.45, 7) is 0. The molecule has 2 aromatic rings. The number of halogens is 1. The lowest BCUT2D eigenvalue weighted by Gasteiger charge is -2.16. The summed E-state index contributed by atoms with van der Waals surface area (Å²) in [5, 5.41) is 4.80. The lowest BCUT2D eigenvalue weighted by Crippen LogP contribution is -2.13. The van der Waals surface area contributed by atoms with Crippen LogP contribution in [0, 0.1) is 0 Å². The fourth-order valence-electron chi connectivity index (χ4n) is 2.10. The topological polar surface area (TPSA) is 53.1 Å². The second kappa shape index (κ2) is 6.08. The molecule has 1 aromatic carbocycles. The lowest BCUT2D eigenvalue weighted by molar-refractivity contribution is 0.404.